The van der Waals surface area contributed by atoms with Crippen molar-refractivity contribution >= 4 is 11.6 Å². The fraction of sp³-hybridized carbons (Fsp3) is 0.833. The molecule has 1 aliphatic heterocycles. The van der Waals surface area contributed by atoms with Gasteiger partial charge in [-0.1, -0.05) is 11.6 Å². The molecule has 0 radical (unpaired) electrons. The van der Waals surface area contributed by atoms with Crippen LogP contribution in [0.15, 0.2) is 11.1 Å². The molecule has 0 spiro atoms. The highest BCUT2D eigenvalue weighted by molar-refractivity contribution is 6.25. The van der Waals surface area contributed by atoms with E-state index in [0.717, 1.165) is 12.6 Å². The first-order chi connectivity index (χ1) is 7.29. The van der Waals surface area contributed by atoms with Crippen LogP contribution in [0.25, 0.3) is 0 Å². The van der Waals surface area contributed by atoms with Crippen LogP contribution in [0.4, 0.5) is 0 Å². The zero-order chi connectivity index (χ0) is 10.7. The first kappa shape index (κ1) is 11.4. The molecular formula is C12H21ClN2. The molecule has 1 N–H and O–H groups in total. The Hall–Kier alpha value is -0.0500. The summed E-state index contributed by atoms with van der Waals surface area (Å²) in [6.45, 7) is 5.57. The third-order valence-corrected chi connectivity index (χ3v) is 3.69. The second-order valence-corrected chi connectivity index (χ2v) is 5.13. The van der Waals surface area contributed by atoms with Crippen LogP contribution in [0.1, 0.15) is 32.6 Å². The Kier molecular flexibility index (Phi) is 4.06. The van der Waals surface area contributed by atoms with Gasteiger partial charge in [0, 0.05) is 30.7 Å². The molecule has 2 fully saturated rings. The first-order valence-corrected chi connectivity index (χ1v) is 6.46. The molecule has 86 valence electrons. The fourth-order valence-electron chi connectivity index (χ4n) is 2.33. The van der Waals surface area contributed by atoms with Gasteiger partial charge in [0.25, 0.3) is 0 Å². The van der Waals surface area contributed by atoms with E-state index >= 15 is 0 Å². The predicted octanol–water partition coefficient (Wildman–Crippen LogP) is 2.35. The summed E-state index contributed by atoms with van der Waals surface area (Å²) in [6, 6.07) is 1.55. The molecule has 1 aliphatic carbocycles. The minimum absolute atomic E-state index is 0.716. The van der Waals surface area contributed by atoms with Gasteiger partial charge >= 0.3 is 0 Å². The summed E-state index contributed by atoms with van der Waals surface area (Å²) >= 11 is 5.73. The van der Waals surface area contributed by atoms with E-state index in [1.54, 1.807) is 5.54 Å². The van der Waals surface area contributed by atoms with Crippen molar-refractivity contribution in [2.24, 2.45) is 0 Å². The van der Waals surface area contributed by atoms with Crippen molar-refractivity contribution in [2.75, 3.05) is 19.6 Å². The van der Waals surface area contributed by atoms with Crippen molar-refractivity contribution in [1.82, 2.24) is 10.2 Å². The van der Waals surface area contributed by atoms with Gasteiger partial charge in [-0.05, 0) is 44.7 Å². The standard InChI is InChI=1S/C12H21ClN2/c1-10(7-13)8-15(12-4-5-12)9-11-3-2-6-14-11/h7,11-12,14H,2-6,8-9H2,1H3. The van der Waals surface area contributed by atoms with Crippen LogP contribution in [-0.4, -0.2) is 36.6 Å². The quantitative estimate of drug-likeness (QED) is 0.777. The second-order valence-electron chi connectivity index (χ2n) is 4.91. The van der Waals surface area contributed by atoms with Crippen molar-refractivity contribution in [3.05, 3.63) is 11.1 Å². The summed E-state index contributed by atoms with van der Waals surface area (Å²) < 4.78 is 0. The van der Waals surface area contributed by atoms with E-state index in [1.807, 2.05) is 0 Å². The molecule has 2 aliphatic rings. The van der Waals surface area contributed by atoms with Gasteiger partial charge < -0.3 is 5.32 Å². The maximum atomic E-state index is 5.73. The van der Waals surface area contributed by atoms with Crippen LogP contribution >= 0.6 is 11.6 Å². The van der Waals surface area contributed by atoms with Gasteiger partial charge in [-0.15, -0.1) is 0 Å². The summed E-state index contributed by atoms with van der Waals surface area (Å²) in [5.74, 6) is 0. The average molecular weight is 229 g/mol. The minimum atomic E-state index is 0.716. The van der Waals surface area contributed by atoms with Gasteiger partial charge in [0.2, 0.25) is 0 Å². The summed E-state index contributed by atoms with van der Waals surface area (Å²) in [5.41, 5.74) is 3.00. The number of halogens is 1. The van der Waals surface area contributed by atoms with Crippen molar-refractivity contribution in [3.63, 3.8) is 0 Å². The molecule has 1 unspecified atom stereocenters. The molecule has 2 rings (SSSR count). The number of nitrogens with zero attached hydrogens (tertiary/aromatic N) is 1. The number of rotatable bonds is 5. The van der Waals surface area contributed by atoms with E-state index in [2.05, 4.69) is 17.1 Å². The van der Waals surface area contributed by atoms with Crippen LogP contribution in [0, 0.1) is 0 Å². The largest absolute Gasteiger partial charge is 0.313 e. The Balaban J connectivity index is 1.82. The Morgan fingerprint density at radius 3 is 2.80 bits per heavy atom. The van der Waals surface area contributed by atoms with Crippen LogP contribution < -0.4 is 5.32 Å². The zero-order valence-electron chi connectivity index (χ0n) is 9.51. The molecule has 0 aromatic heterocycles. The number of hydrogen-bond acceptors (Lipinski definition) is 2. The van der Waals surface area contributed by atoms with Gasteiger partial charge in [-0.3, -0.25) is 4.90 Å². The molecule has 3 heteroatoms. The van der Waals surface area contributed by atoms with Crippen LogP contribution in [-0.2, 0) is 0 Å². The lowest BCUT2D eigenvalue weighted by atomic mass is 10.2. The molecule has 1 heterocycles. The van der Waals surface area contributed by atoms with Crippen molar-refractivity contribution in [3.8, 4) is 0 Å². The number of nitrogens with one attached hydrogen (secondary N) is 1. The molecule has 1 saturated carbocycles. The summed E-state index contributed by atoms with van der Waals surface area (Å²) in [5, 5.41) is 3.57. The lowest BCUT2D eigenvalue weighted by molar-refractivity contribution is 0.258. The Bertz CT molecular complexity index is 230. The van der Waals surface area contributed by atoms with Gasteiger partial charge in [-0.2, -0.15) is 0 Å². The lowest BCUT2D eigenvalue weighted by Gasteiger charge is -2.25. The average Bonchev–Trinajstić information content (AvgIpc) is 2.97. The normalized spacial score (nSPS) is 27.7. The molecule has 1 atom stereocenters. The minimum Gasteiger partial charge on any atom is -0.313 e. The van der Waals surface area contributed by atoms with E-state index in [-0.39, 0.29) is 0 Å². The molecule has 0 aromatic carbocycles. The third-order valence-electron chi connectivity index (χ3n) is 3.32. The molecule has 15 heavy (non-hydrogen) atoms. The maximum Gasteiger partial charge on any atom is 0.0205 e. The predicted molar refractivity (Wildman–Crippen MR) is 65.2 cm³/mol. The van der Waals surface area contributed by atoms with Crippen molar-refractivity contribution in [2.45, 2.75) is 44.7 Å². The van der Waals surface area contributed by atoms with Crippen molar-refractivity contribution < 1.29 is 0 Å². The van der Waals surface area contributed by atoms with E-state index in [0.29, 0.717) is 6.04 Å². The molecule has 0 aromatic rings. The monoisotopic (exact) mass is 228 g/mol. The first-order valence-electron chi connectivity index (χ1n) is 6.03. The highest BCUT2D eigenvalue weighted by atomic mass is 35.5. The van der Waals surface area contributed by atoms with E-state index in [4.69, 9.17) is 11.6 Å². The van der Waals surface area contributed by atoms with Gasteiger partial charge in [0.15, 0.2) is 0 Å². The smallest absolute Gasteiger partial charge is 0.0205 e. The van der Waals surface area contributed by atoms with Crippen LogP contribution in [0.3, 0.4) is 0 Å². The SMILES string of the molecule is CC(=CCl)CN(CC1CCCN1)C1CC1. The van der Waals surface area contributed by atoms with Crippen molar-refractivity contribution in [1.29, 1.82) is 0 Å². The topological polar surface area (TPSA) is 15.3 Å². The lowest BCUT2D eigenvalue weighted by Crippen LogP contribution is -2.39. The Labute approximate surface area is 97.7 Å². The van der Waals surface area contributed by atoms with Crippen LogP contribution in [0.5, 0.6) is 0 Å². The summed E-state index contributed by atoms with van der Waals surface area (Å²) in [6.07, 6.45) is 5.44. The molecule has 0 amide bonds. The highest BCUT2D eigenvalue weighted by Gasteiger charge is 2.30. The Morgan fingerprint density at radius 1 is 1.47 bits per heavy atom. The highest BCUT2D eigenvalue weighted by Crippen LogP contribution is 2.28. The third kappa shape index (κ3) is 3.47. The fourth-order valence-corrected chi connectivity index (χ4v) is 2.40. The van der Waals surface area contributed by atoms with Crippen LogP contribution in [0.2, 0.25) is 0 Å². The maximum absolute atomic E-state index is 5.73. The molecule has 1 saturated heterocycles. The number of hydrogen-bond donors (Lipinski definition) is 1. The zero-order valence-corrected chi connectivity index (χ0v) is 10.3. The molecule has 0 bridgehead atoms. The molecule has 2 nitrogen and oxygen atoms in total. The van der Waals surface area contributed by atoms with Gasteiger partial charge in [0.05, 0.1) is 0 Å². The van der Waals surface area contributed by atoms with E-state index in [9.17, 15) is 0 Å². The van der Waals surface area contributed by atoms with Gasteiger partial charge in [0.1, 0.15) is 0 Å². The second kappa shape index (κ2) is 5.33. The molecular weight excluding hydrogens is 208 g/mol. The van der Waals surface area contributed by atoms with Gasteiger partial charge in [-0.25, -0.2) is 0 Å². The summed E-state index contributed by atoms with van der Waals surface area (Å²) in [7, 11) is 0. The van der Waals surface area contributed by atoms with E-state index < -0.39 is 0 Å². The van der Waals surface area contributed by atoms with E-state index in [1.165, 1.54) is 44.3 Å². The Morgan fingerprint density at radius 2 is 2.27 bits per heavy atom. The summed E-state index contributed by atoms with van der Waals surface area (Å²) in [4.78, 5) is 2.59.